The Bertz CT molecular complexity index is 640. The lowest BCUT2D eigenvalue weighted by Crippen LogP contribution is -2.11. The van der Waals surface area contributed by atoms with Gasteiger partial charge in [-0.1, -0.05) is 47.0 Å². The van der Waals surface area contributed by atoms with Crippen molar-refractivity contribution in [1.29, 1.82) is 0 Å². The molecule has 0 aliphatic heterocycles. The van der Waals surface area contributed by atoms with Gasteiger partial charge in [0.05, 0.1) is 29.1 Å². The van der Waals surface area contributed by atoms with E-state index < -0.39 is 11.2 Å². The molecule has 0 saturated carbocycles. The van der Waals surface area contributed by atoms with Crippen LogP contribution in [-0.4, -0.2) is 122 Å². The molecular formula is C20H36O6S15. The van der Waals surface area contributed by atoms with Crippen LogP contribution in [0.2, 0.25) is 0 Å². The van der Waals surface area contributed by atoms with E-state index in [-0.39, 0.29) is 27.2 Å². The van der Waals surface area contributed by atoms with E-state index in [4.69, 9.17) is 10.2 Å². The van der Waals surface area contributed by atoms with E-state index in [1.165, 1.54) is 58.8 Å². The fourth-order valence-electron chi connectivity index (χ4n) is 1.78. The van der Waals surface area contributed by atoms with Crippen LogP contribution in [0.25, 0.3) is 0 Å². The molecular weight excluding hydrogens is 817 g/mol. The Morgan fingerprint density at radius 2 is 0.854 bits per heavy atom. The molecule has 0 saturated heterocycles. The second-order valence-electron chi connectivity index (χ2n) is 6.51. The smallest absolute Gasteiger partial charge is 0.199 e. The van der Waals surface area contributed by atoms with Gasteiger partial charge in [-0.15, -0.1) is 118 Å². The molecule has 0 radical (unpaired) electrons. The minimum atomic E-state index is -0.830. The van der Waals surface area contributed by atoms with Crippen LogP contribution in [0.5, 0.6) is 0 Å². The number of aliphatic hydroxyl groups is 2. The summed E-state index contributed by atoms with van der Waals surface area (Å²) in [6.07, 6.45) is 0. The van der Waals surface area contributed by atoms with E-state index in [0.29, 0.717) is 33.2 Å². The van der Waals surface area contributed by atoms with Crippen LogP contribution in [0, 0.1) is 0 Å². The third-order valence-corrected chi connectivity index (χ3v) is 21.7. The maximum absolute atomic E-state index is 12.1. The van der Waals surface area contributed by atoms with Gasteiger partial charge in [0.25, 0.3) is 0 Å². The molecule has 0 aromatic carbocycles. The average molecular weight is 854 g/mol. The van der Waals surface area contributed by atoms with Gasteiger partial charge >= 0.3 is 0 Å². The Hall–Kier alpha value is 4.14. The molecule has 2 N–H and O–H groups in total. The van der Waals surface area contributed by atoms with Gasteiger partial charge < -0.3 is 14.8 Å². The lowest BCUT2D eigenvalue weighted by molar-refractivity contribution is -0.109. The van der Waals surface area contributed by atoms with Gasteiger partial charge in [0, 0.05) is 51.5 Å². The number of aliphatic hydroxyl groups excluding tert-OH is 2. The highest BCUT2D eigenvalue weighted by atomic mass is 32.3. The lowest BCUT2D eigenvalue weighted by Gasteiger charge is -2.10. The number of thioether (sulfide) groups is 14. The molecule has 0 fully saturated rings. The van der Waals surface area contributed by atoms with E-state index in [9.17, 15) is 18.9 Å². The summed E-state index contributed by atoms with van der Waals surface area (Å²) < 4.78 is 12.1. The molecule has 6 nitrogen and oxygen atoms in total. The van der Waals surface area contributed by atoms with Gasteiger partial charge in [-0.2, -0.15) is 0 Å². The molecule has 21 heteroatoms. The maximum Gasteiger partial charge on any atom is 0.199 e. The van der Waals surface area contributed by atoms with Crippen LogP contribution in [0.15, 0.2) is 0 Å². The van der Waals surface area contributed by atoms with Gasteiger partial charge in [-0.05, 0) is 11.2 Å². The summed E-state index contributed by atoms with van der Waals surface area (Å²) in [5.41, 5.74) is 0. The summed E-state index contributed by atoms with van der Waals surface area (Å²) in [5, 5.41) is 25.7. The molecule has 0 aliphatic rings. The summed E-state index contributed by atoms with van der Waals surface area (Å²) in [6.45, 7) is 0. The Balaban J connectivity index is 3.38. The standard InChI is InChI=1S/C20H36O6S15/c21-6-31-10-34-14-38-18(23)3-28-8-27-1-2-41(26)17-37-13-33-12-36-16-40-20(25)5-30-9-29-4-19(24)39-15-35-11-32-7-22/h21-22H,1-17H2. The molecule has 1 atom stereocenters. The van der Waals surface area contributed by atoms with Crippen LogP contribution in [-0.2, 0) is 25.6 Å². The highest BCUT2D eigenvalue weighted by molar-refractivity contribution is 8.31. The quantitative estimate of drug-likeness (QED) is 0.0421. The van der Waals surface area contributed by atoms with Crippen LogP contribution in [0.4, 0.5) is 0 Å². The van der Waals surface area contributed by atoms with Gasteiger partial charge in [0.1, 0.15) is 5.75 Å². The van der Waals surface area contributed by atoms with E-state index >= 15 is 0 Å². The molecule has 242 valence electrons. The molecule has 0 amide bonds. The first-order valence-electron chi connectivity index (χ1n) is 11.4. The van der Waals surface area contributed by atoms with Crippen molar-refractivity contribution >= 4 is 191 Å². The molecule has 1 unspecified atom stereocenters. The number of rotatable bonds is 31. The minimum absolute atomic E-state index is 0.110. The van der Waals surface area contributed by atoms with Crippen molar-refractivity contribution in [2.45, 2.75) is 0 Å². The lowest BCUT2D eigenvalue weighted by atomic mass is 10.9. The Morgan fingerprint density at radius 3 is 1.32 bits per heavy atom. The number of hydrogen-bond acceptors (Lipinski definition) is 20. The molecule has 0 aliphatic carbocycles. The molecule has 0 aromatic rings. The van der Waals surface area contributed by atoms with Crippen LogP contribution >= 0.6 is 165 Å². The number of carbonyl (C=O) groups excluding carboxylic acids is 3. The van der Waals surface area contributed by atoms with Crippen molar-refractivity contribution in [3.05, 3.63) is 0 Å². The van der Waals surface area contributed by atoms with Crippen molar-refractivity contribution in [1.82, 2.24) is 0 Å². The minimum Gasteiger partial charge on any atom is -0.616 e. The summed E-state index contributed by atoms with van der Waals surface area (Å²) in [5.74, 6) is 3.16. The van der Waals surface area contributed by atoms with Crippen molar-refractivity contribution in [3.63, 3.8) is 0 Å². The highest BCUT2D eigenvalue weighted by Gasteiger charge is 2.09. The fourth-order valence-corrected chi connectivity index (χ4v) is 18.4. The van der Waals surface area contributed by atoms with Gasteiger partial charge in [-0.3, -0.25) is 14.4 Å². The van der Waals surface area contributed by atoms with E-state index in [1.54, 1.807) is 106 Å². The first-order valence-corrected chi connectivity index (χ1v) is 28.5. The maximum atomic E-state index is 12.1. The van der Waals surface area contributed by atoms with E-state index in [0.717, 1.165) is 46.4 Å². The van der Waals surface area contributed by atoms with Crippen LogP contribution in [0.3, 0.4) is 0 Å². The third kappa shape index (κ3) is 36.8. The average Bonchev–Trinajstić information content (AvgIpc) is 2.95. The SMILES string of the molecule is O=C(CSCSCC[S+]([O-])CSCSCSCSC(=O)CSCSCC(=O)SCSCSCO)SCSCSCO. The van der Waals surface area contributed by atoms with Crippen LogP contribution in [0.1, 0.15) is 0 Å². The van der Waals surface area contributed by atoms with Gasteiger partial charge in [0.2, 0.25) is 0 Å². The number of hydrogen-bond donors (Lipinski definition) is 2. The zero-order valence-electron chi connectivity index (χ0n) is 22.2. The number of carbonyl (C=O) groups is 3. The molecule has 0 heterocycles. The predicted molar refractivity (Wildman–Crippen MR) is 217 cm³/mol. The van der Waals surface area contributed by atoms with Gasteiger partial charge in [-0.25, -0.2) is 0 Å². The van der Waals surface area contributed by atoms with Crippen molar-refractivity contribution in [2.75, 3.05) is 91.5 Å². The summed E-state index contributed by atoms with van der Waals surface area (Å²) >= 11 is 20.9. The summed E-state index contributed by atoms with van der Waals surface area (Å²) in [4.78, 5) is 35.5. The fraction of sp³-hybridized carbons (Fsp3) is 0.850. The normalized spacial score (nSPS) is 12.1. The second-order valence-corrected chi connectivity index (χ2v) is 25.7. The molecule has 0 rings (SSSR count). The Morgan fingerprint density at radius 1 is 0.488 bits per heavy atom. The second kappa shape index (κ2) is 37.0. The van der Waals surface area contributed by atoms with E-state index in [2.05, 4.69) is 0 Å². The third-order valence-electron chi connectivity index (χ3n) is 3.42. The first kappa shape index (κ1) is 45.1. The predicted octanol–water partition coefficient (Wildman–Crippen LogP) is 7.05. The highest BCUT2D eigenvalue weighted by Crippen LogP contribution is 2.25. The first-order chi connectivity index (χ1) is 20.0. The van der Waals surface area contributed by atoms with E-state index in [1.807, 2.05) is 0 Å². The largest absolute Gasteiger partial charge is 0.616 e. The van der Waals surface area contributed by atoms with Crippen molar-refractivity contribution < 1.29 is 29.1 Å². The summed E-state index contributed by atoms with van der Waals surface area (Å²) in [6, 6.07) is 0. The zero-order chi connectivity index (χ0) is 30.2. The Labute approximate surface area is 308 Å². The molecule has 0 aromatic heterocycles. The van der Waals surface area contributed by atoms with Crippen molar-refractivity contribution in [3.8, 4) is 0 Å². The zero-order valence-corrected chi connectivity index (χ0v) is 34.4. The molecule has 41 heavy (non-hydrogen) atoms. The van der Waals surface area contributed by atoms with Crippen molar-refractivity contribution in [2.24, 2.45) is 0 Å². The molecule has 0 spiro atoms. The summed E-state index contributed by atoms with van der Waals surface area (Å²) in [7, 11) is 0. The van der Waals surface area contributed by atoms with Crippen LogP contribution < -0.4 is 0 Å². The molecule has 0 bridgehead atoms. The topological polar surface area (TPSA) is 115 Å². The van der Waals surface area contributed by atoms with Gasteiger partial charge in [0.15, 0.2) is 20.4 Å². The monoisotopic (exact) mass is 852 g/mol. The Kier molecular flexibility index (Phi) is 40.7.